The quantitative estimate of drug-likeness (QED) is 0.657. The fourth-order valence-corrected chi connectivity index (χ4v) is 1.93. The second-order valence-electron chi connectivity index (χ2n) is 3.92. The van der Waals surface area contributed by atoms with Gasteiger partial charge >= 0.3 is 0 Å². The zero-order valence-corrected chi connectivity index (χ0v) is 9.01. The minimum absolute atomic E-state index is 1.09. The topological polar surface area (TPSA) is 3.01 Å². The summed E-state index contributed by atoms with van der Waals surface area (Å²) < 4.78 is 0. The largest absolute Gasteiger partial charge is 0.368 e. The van der Waals surface area contributed by atoms with Crippen LogP contribution in [0.5, 0.6) is 0 Å². The number of hydrogen-bond acceptors (Lipinski definition) is 1. The number of anilines is 1. The van der Waals surface area contributed by atoms with Gasteiger partial charge in [-0.15, -0.1) is 0 Å². The molecule has 2 rings (SSSR count). The van der Waals surface area contributed by atoms with Crippen molar-refractivity contribution in [3.8, 4) is 0 Å². The first-order valence-electron chi connectivity index (χ1n) is 5.26. The van der Waals surface area contributed by atoms with E-state index >= 15 is 0 Å². The van der Waals surface area contributed by atoms with E-state index in [1.807, 2.05) is 0 Å². The van der Waals surface area contributed by atoms with Crippen LogP contribution in [0.2, 0.25) is 0 Å². The lowest BCUT2D eigenvalue weighted by Gasteiger charge is -2.14. The molecule has 1 aromatic carbocycles. The molecule has 1 fully saturated rings. The van der Waals surface area contributed by atoms with Crippen molar-refractivity contribution in [3.63, 3.8) is 0 Å². The van der Waals surface area contributed by atoms with Crippen LogP contribution >= 0.6 is 0 Å². The highest BCUT2D eigenvalue weighted by Gasteiger charge is 2.21. The molecule has 1 aliphatic heterocycles. The van der Waals surface area contributed by atoms with E-state index < -0.39 is 0 Å². The Bertz CT molecular complexity index is 361. The average molecular weight is 187 g/mol. The zero-order valence-electron chi connectivity index (χ0n) is 9.01. The molecule has 1 aromatic rings. The Kier molecular flexibility index (Phi) is 2.32. The molecule has 0 unspecified atom stereocenters. The van der Waals surface area contributed by atoms with Gasteiger partial charge in [-0.2, -0.15) is 0 Å². The molecular weight excluding hydrogens is 170 g/mol. The van der Waals surface area contributed by atoms with Gasteiger partial charge in [0.05, 0.1) is 0 Å². The van der Waals surface area contributed by atoms with E-state index in [1.54, 1.807) is 0 Å². The number of benzene rings is 1. The maximum atomic E-state index is 4.04. The highest BCUT2D eigenvalue weighted by Crippen LogP contribution is 2.31. The van der Waals surface area contributed by atoms with Crippen LogP contribution in [0.1, 0.15) is 25.0 Å². The van der Waals surface area contributed by atoms with Crippen molar-refractivity contribution in [2.24, 2.45) is 0 Å². The van der Waals surface area contributed by atoms with Crippen molar-refractivity contribution in [2.45, 2.75) is 20.3 Å². The van der Waals surface area contributed by atoms with Crippen molar-refractivity contribution in [1.82, 2.24) is 0 Å². The van der Waals surface area contributed by atoms with Gasteiger partial charge in [0.1, 0.15) is 0 Å². The van der Waals surface area contributed by atoms with Gasteiger partial charge in [0.15, 0.2) is 0 Å². The molecule has 1 heterocycles. The molecule has 1 nitrogen and oxygen atoms in total. The number of nitrogens with zero attached hydrogens (tertiary/aromatic N) is 1. The van der Waals surface area contributed by atoms with E-state index in [-0.39, 0.29) is 0 Å². The molecule has 1 saturated heterocycles. The van der Waals surface area contributed by atoms with Gasteiger partial charge in [-0.1, -0.05) is 31.2 Å². The molecule has 0 amide bonds. The second-order valence-corrected chi connectivity index (χ2v) is 3.92. The Balaban J connectivity index is 2.49. The minimum atomic E-state index is 1.09. The third kappa shape index (κ3) is 1.54. The van der Waals surface area contributed by atoms with Gasteiger partial charge in [-0.3, -0.25) is 0 Å². The average Bonchev–Trinajstić information content (AvgIpc) is 2.99. The summed E-state index contributed by atoms with van der Waals surface area (Å²) in [5, 5.41) is 0. The number of hydrogen-bond donors (Lipinski definition) is 0. The summed E-state index contributed by atoms with van der Waals surface area (Å²) in [5.41, 5.74) is 5.37. The minimum Gasteiger partial charge on any atom is -0.368 e. The lowest BCUT2D eigenvalue weighted by atomic mass is 9.98. The van der Waals surface area contributed by atoms with Crippen LogP contribution in [-0.2, 0) is 6.42 Å². The third-order valence-electron chi connectivity index (χ3n) is 2.75. The van der Waals surface area contributed by atoms with E-state index in [9.17, 15) is 0 Å². The highest BCUT2D eigenvalue weighted by atomic mass is 15.3. The van der Waals surface area contributed by atoms with Gasteiger partial charge in [0, 0.05) is 18.8 Å². The van der Waals surface area contributed by atoms with Crippen LogP contribution in [-0.4, -0.2) is 13.1 Å². The van der Waals surface area contributed by atoms with Crippen LogP contribution in [0.4, 0.5) is 5.69 Å². The Morgan fingerprint density at radius 1 is 1.43 bits per heavy atom. The Morgan fingerprint density at radius 3 is 2.64 bits per heavy atom. The zero-order chi connectivity index (χ0) is 10.1. The van der Waals surface area contributed by atoms with E-state index in [1.165, 1.54) is 35.5 Å². The first kappa shape index (κ1) is 9.32. The molecule has 0 bridgehead atoms. The smallest absolute Gasteiger partial charge is 0.0406 e. The molecule has 0 saturated carbocycles. The molecule has 0 aromatic heterocycles. The molecule has 0 N–H and O–H groups in total. The normalized spacial score (nSPS) is 14.3. The van der Waals surface area contributed by atoms with Gasteiger partial charge in [-0.25, -0.2) is 0 Å². The van der Waals surface area contributed by atoms with E-state index in [2.05, 4.69) is 43.5 Å². The lowest BCUT2D eigenvalue weighted by molar-refractivity contribution is 1.11. The predicted molar refractivity (Wildman–Crippen MR) is 62.7 cm³/mol. The van der Waals surface area contributed by atoms with Crippen molar-refractivity contribution in [1.29, 1.82) is 0 Å². The van der Waals surface area contributed by atoms with Crippen molar-refractivity contribution in [3.05, 3.63) is 35.9 Å². The summed E-state index contributed by atoms with van der Waals surface area (Å²) in [6.07, 6.45) is 1.09. The summed E-state index contributed by atoms with van der Waals surface area (Å²) in [5.74, 6) is 0. The SMILES string of the molecule is C=C(C)c1cccc(N2CC2)c1CC. The molecule has 0 aliphatic carbocycles. The molecule has 14 heavy (non-hydrogen) atoms. The van der Waals surface area contributed by atoms with Crippen LogP contribution in [0.3, 0.4) is 0 Å². The van der Waals surface area contributed by atoms with Gasteiger partial charge in [0.25, 0.3) is 0 Å². The van der Waals surface area contributed by atoms with Crippen LogP contribution in [0.25, 0.3) is 5.57 Å². The standard InChI is InChI=1S/C13H17N/c1-4-11-12(10(2)3)6-5-7-13(11)14-8-9-14/h5-7H,2,4,8-9H2,1,3H3. The van der Waals surface area contributed by atoms with E-state index in [4.69, 9.17) is 0 Å². The molecule has 0 radical (unpaired) electrons. The monoisotopic (exact) mass is 187 g/mol. The number of allylic oxidation sites excluding steroid dienone is 1. The molecule has 1 aliphatic rings. The van der Waals surface area contributed by atoms with Gasteiger partial charge < -0.3 is 4.90 Å². The first-order valence-corrected chi connectivity index (χ1v) is 5.26. The third-order valence-corrected chi connectivity index (χ3v) is 2.75. The summed E-state index contributed by atoms with van der Waals surface area (Å²) in [4.78, 5) is 2.41. The highest BCUT2D eigenvalue weighted by molar-refractivity contribution is 5.72. The molecule has 0 atom stereocenters. The summed E-state index contributed by atoms with van der Waals surface area (Å²) in [6, 6.07) is 6.53. The Morgan fingerprint density at radius 2 is 2.14 bits per heavy atom. The molecule has 74 valence electrons. The number of rotatable bonds is 3. The Hall–Kier alpha value is -1.24. The van der Waals surface area contributed by atoms with Crippen molar-refractivity contribution in [2.75, 3.05) is 18.0 Å². The van der Waals surface area contributed by atoms with E-state index in [0.717, 1.165) is 6.42 Å². The summed E-state index contributed by atoms with van der Waals surface area (Å²) in [7, 11) is 0. The first-order chi connectivity index (χ1) is 6.74. The van der Waals surface area contributed by atoms with Gasteiger partial charge in [0.2, 0.25) is 0 Å². The molecular formula is C13H17N. The van der Waals surface area contributed by atoms with Crippen LogP contribution in [0, 0.1) is 0 Å². The van der Waals surface area contributed by atoms with E-state index in [0.29, 0.717) is 0 Å². The predicted octanol–water partition coefficient (Wildman–Crippen LogP) is 3.10. The second kappa shape index (κ2) is 3.49. The summed E-state index contributed by atoms with van der Waals surface area (Å²) in [6.45, 7) is 10.8. The maximum absolute atomic E-state index is 4.04. The van der Waals surface area contributed by atoms with Crippen LogP contribution < -0.4 is 4.90 Å². The molecule has 0 spiro atoms. The van der Waals surface area contributed by atoms with Crippen LogP contribution in [0.15, 0.2) is 24.8 Å². The lowest BCUT2D eigenvalue weighted by Crippen LogP contribution is -1.99. The maximum Gasteiger partial charge on any atom is 0.0406 e. The van der Waals surface area contributed by atoms with Gasteiger partial charge in [-0.05, 0) is 30.5 Å². The fourth-order valence-electron chi connectivity index (χ4n) is 1.93. The van der Waals surface area contributed by atoms with Crippen molar-refractivity contribution >= 4 is 11.3 Å². The Labute approximate surface area is 86.1 Å². The fraction of sp³-hybridized carbons (Fsp3) is 0.385. The molecule has 1 heteroatoms. The van der Waals surface area contributed by atoms with Crippen molar-refractivity contribution < 1.29 is 0 Å². The summed E-state index contributed by atoms with van der Waals surface area (Å²) >= 11 is 0.